The lowest BCUT2D eigenvalue weighted by molar-refractivity contribution is -0.152. The molecule has 0 aromatic carbocycles. The number of nitrogens with one attached hydrogen (secondary N) is 1. The zero-order valence-corrected chi connectivity index (χ0v) is 15.3. The van der Waals surface area contributed by atoms with Crippen LogP contribution in [-0.2, 0) is 14.3 Å². The Morgan fingerprint density at radius 1 is 1.26 bits per heavy atom. The SMILES string of the molecule is COC(=O)C1(C(=O)NC2CCC(n3cc(-c4ccncn4)cn3)CC2)CC1. The third-order valence-electron chi connectivity index (χ3n) is 5.65. The molecule has 0 spiro atoms. The van der Waals surface area contributed by atoms with Crippen LogP contribution >= 0.6 is 0 Å². The third kappa shape index (κ3) is 3.43. The van der Waals surface area contributed by atoms with Crippen LogP contribution in [0, 0.1) is 5.41 Å². The summed E-state index contributed by atoms with van der Waals surface area (Å²) in [6, 6.07) is 2.28. The molecule has 4 rings (SSSR count). The molecule has 0 bridgehead atoms. The van der Waals surface area contributed by atoms with Crippen LogP contribution in [0.3, 0.4) is 0 Å². The molecule has 2 fully saturated rings. The lowest BCUT2D eigenvalue weighted by atomic mass is 9.90. The largest absolute Gasteiger partial charge is 0.468 e. The summed E-state index contributed by atoms with van der Waals surface area (Å²) in [5, 5.41) is 7.55. The van der Waals surface area contributed by atoms with Gasteiger partial charge in [-0.3, -0.25) is 14.3 Å². The average Bonchev–Trinajstić information content (AvgIpc) is 3.39. The number of ether oxygens (including phenoxy) is 1. The Bertz CT molecular complexity index is 823. The van der Waals surface area contributed by atoms with Gasteiger partial charge in [-0.15, -0.1) is 0 Å². The topological polar surface area (TPSA) is 99.0 Å². The van der Waals surface area contributed by atoms with E-state index < -0.39 is 11.4 Å². The Morgan fingerprint density at radius 3 is 2.67 bits per heavy atom. The maximum atomic E-state index is 12.5. The van der Waals surface area contributed by atoms with Crippen molar-refractivity contribution in [1.29, 1.82) is 0 Å². The van der Waals surface area contributed by atoms with E-state index in [1.54, 1.807) is 6.20 Å². The number of aromatic nitrogens is 4. The second-order valence-electron chi connectivity index (χ2n) is 7.36. The Kier molecular flexibility index (Phi) is 4.63. The highest BCUT2D eigenvalue weighted by atomic mass is 16.5. The number of rotatable bonds is 5. The van der Waals surface area contributed by atoms with E-state index in [2.05, 4.69) is 20.4 Å². The first-order valence-corrected chi connectivity index (χ1v) is 9.32. The highest BCUT2D eigenvalue weighted by Crippen LogP contribution is 2.47. The van der Waals surface area contributed by atoms with Crippen molar-refractivity contribution in [2.75, 3.05) is 7.11 Å². The lowest BCUT2D eigenvalue weighted by Gasteiger charge is -2.30. The summed E-state index contributed by atoms with van der Waals surface area (Å²) >= 11 is 0. The van der Waals surface area contributed by atoms with Gasteiger partial charge in [0.25, 0.3) is 0 Å². The summed E-state index contributed by atoms with van der Waals surface area (Å²) in [6.45, 7) is 0. The van der Waals surface area contributed by atoms with Crippen molar-refractivity contribution < 1.29 is 14.3 Å². The Balaban J connectivity index is 1.33. The number of nitrogens with zero attached hydrogens (tertiary/aromatic N) is 4. The van der Waals surface area contributed by atoms with E-state index in [1.165, 1.54) is 13.4 Å². The van der Waals surface area contributed by atoms with E-state index in [0.29, 0.717) is 18.9 Å². The van der Waals surface area contributed by atoms with Crippen LogP contribution in [-0.4, -0.2) is 44.8 Å². The number of carbonyl (C=O) groups is 2. The predicted octanol–water partition coefficient (Wildman–Crippen LogP) is 1.89. The molecule has 1 amide bonds. The minimum Gasteiger partial charge on any atom is -0.468 e. The summed E-state index contributed by atoms with van der Waals surface area (Å²) in [7, 11) is 1.33. The zero-order valence-electron chi connectivity index (χ0n) is 15.3. The quantitative estimate of drug-likeness (QED) is 0.638. The second kappa shape index (κ2) is 7.09. The molecule has 0 aliphatic heterocycles. The van der Waals surface area contributed by atoms with Gasteiger partial charge < -0.3 is 10.1 Å². The molecular weight excluding hydrogens is 346 g/mol. The van der Waals surface area contributed by atoms with Crippen molar-refractivity contribution in [2.45, 2.75) is 50.6 Å². The van der Waals surface area contributed by atoms with Gasteiger partial charge in [-0.05, 0) is 44.6 Å². The molecule has 8 nitrogen and oxygen atoms in total. The number of esters is 1. The first kappa shape index (κ1) is 17.6. The molecule has 27 heavy (non-hydrogen) atoms. The van der Waals surface area contributed by atoms with E-state index in [4.69, 9.17) is 4.74 Å². The van der Waals surface area contributed by atoms with Gasteiger partial charge in [-0.2, -0.15) is 5.10 Å². The van der Waals surface area contributed by atoms with Crippen LogP contribution < -0.4 is 5.32 Å². The normalized spacial score (nSPS) is 23.4. The molecule has 2 saturated carbocycles. The lowest BCUT2D eigenvalue weighted by Crippen LogP contribution is -2.44. The summed E-state index contributed by atoms with van der Waals surface area (Å²) in [5.74, 6) is -0.592. The van der Waals surface area contributed by atoms with Crippen LogP contribution in [0.25, 0.3) is 11.3 Å². The number of hydrogen-bond acceptors (Lipinski definition) is 6. The fourth-order valence-electron chi connectivity index (χ4n) is 3.78. The maximum absolute atomic E-state index is 12.5. The first-order chi connectivity index (χ1) is 13.1. The maximum Gasteiger partial charge on any atom is 0.321 e. The first-order valence-electron chi connectivity index (χ1n) is 9.32. The summed E-state index contributed by atoms with van der Waals surface area (Å²) < 4.78 is 6.77. The molecule has 0 unspecified atom stereocenters. The van der Waals surface area contributed by atoms with Gasteiger partial charge in [0.05, 0.1) is 25.0 Å². The van der Waals surface area contributed by atoms with Crippen LogP contribution in [0.1, 0.15) is 44.6 Å². The Hall–Kier alpha value is -2.77. The third-order valence-corrected chi connectivity index (χ3v) is 5.65. The number of hydrogen-bond donors (Lipinski definition) is 1. The van der Waals surface area contributed by atoms with E-state index in [9.17, 15) is 9.59 Å². The molecule has 1 N–H and O–H groups in total. The minimum atomic E-state index is -0.931. The summed E-state index contributed by atoms with van der Waals surface area (Å²) in [6.07, 6.45) is 11.9. The summed E-state index contributed by atoms with van der Waals surface area (Å²) in [5.41, 5.74) is 0.899. The van der Waals surface area contributed by atoms with Crippen molar-refractivity contribution >= 4 is 11.9 Å². The highest BCUT2D eigenvalue weighted by Gasteiger charge is 2.58. The molecule has 8 heteroatoms. The fourth-order valence-corrected chi connectivity index (χ4v) is 3.78. The van der Waals surface area contributed by atoms with Gasteiger partial charge >= 0.3 is 5.97 Å². The fraction of sp³-hybridized carbons (Fsp3) is 0.526. The molecule has 0 radical (unpaired) electrons. The van der Waals surface area contributed by atoms with Crippen molar-refractivity contribution in [1.82, 2.24) is 25.1 Å². The highest BCUT2D eigenvalue weighted by molar-refractivity contribution is 6.05. The average molecular weight is 369 g/mol. The van der Waals surface area contributed by atoms with Gasteiger partial charge in [0.15, 0.2) is 0 Å². The molecule has 2 aromatic heterocycles. The molecule has 0 saturated heterocycles. The number of carbonyl (C=O) groups excluding carboxylic acids is 2. The molecule has 142 valence electrons. The van der Waals surface area contributed by atoms with Gasteiger partial charge in [-0.1, -0.05) is 0 Å². The van der Waals surface area contributed by atoms with E-state index in [-0.39, 0.29) is 11.9 Å². The van der Waals surface area contributed by atoms with Gasteiger partial charge in [0.1, 0.15) is 11.7 Å². The van der Waals surface area contributed by atoms with Crippen LogP contribution in [0.15, 0.2) is 31.0 Å². The van der Waals surface area contributed by atoms with E-state index in [0.717, 1.165) is 36.9 Å². The van der Waals surface area contributed by atoms with Gasteiger partial charge in [-0.25, -0.2) is 9.97 Å². The van der Waals surface area contributed by atoms with Crippen LogP contribution in [0.4, 0.5) is 0 Å². The second-order valence-corrected chi connectivity index (χ2v) is 7.36. The molecule has 0 atom stereocenters. The Labute approximate surface area is 157 Å². The van der Waals surface area contributed by atoms with E-state index >= 15 is 0 Å². The smallest absolute Gasteiger partial charge is 0.321 e. The summed E-state index contributed by atoms with van der Waals surface area (Å²) in [4.78, 5) is 32.5. The molecule has 2 aliphatic carbocycles. The number of amides is 1. The van der Waals surface area contributed by atoms with Gasteiger partial charge in [0, 0.05) is 24.0 Å². The van der Waals surface area contributed by atoms with Crippen LogP contribution in [0.5, 0.6) is 0 Å². The van der Waals surface area contributed by atoms with Crippen molar-refractivity contribution in [3.63, 3.8) is 0 Å². The Morgan fingerprint density at radius 2 is 2.04 bits per heavy atom. The van der Waals surface area contributed by atoms with E-state index in [1.807, 2.05) is 23.1 Å². The van der Waals surface area contributed by atoms with Gasteiger partial charge in [0.2, 0.25) is 5.91 Å². The van der Waals surface area contributed by atoms with Crippen molar-refractivity contribution in [3.8, 4) is 11.3 Å². The van der Waals surface area contributed by atoms with Crippen LogP contribution in [0.2, 0.25) is 0 Å². The predicted molar refractivity (Wildman–Crippen MR) is 96.4 cm³/mol. The molecular formula is C19H23N5O3. The molecule has 2 heterocycles. The molecule has 2 aliphatic rings. The molecule has 2 aromatic rings. The number of methoxy groups -OCH3 is 1. The monoisotopic (exact) mass is 369 g/mol. The van der Waals surface area contributed by atoms with Crippen molar-refractivity contribution in [2.24, 2.45) is 5.41 Å². The minimum absolute atomic E-state index is 0.104. The standard InChI is InChI=1S/C19H23N5O3/c1-27-18(26)19(7-8-19)17(25)23-14-2-4-15(5-3-14)24-11-13(10-22-24)16-6-9-20-12-21-16/h6,9-12,14-15H,2-5,7-8H2,1H3,(H,23,25). The van der Waals surface area contributed by atoms with Crippen molar-refractivity contribution in [3.05, 3.63) is 31.0 Å². The zero-order chi connectivity index (χ0) is 18.9.